The predicted octanol–water partition coefficient (Wildman–Crippen LogP) is 5.02. The Bertz CT molecular complexity index is 1040. The summed E-state index contributed by atoms with van der Waals surface area (Å²) in [6.45, 7) is 1.61. The van der Waals surface area contributed by atoms with Crippen molar-refractivity contribution in [2.45, 2.75) is 13.0 Å². The Balaban J connectivity index is 1.77. The third-order valence-electron chi connectivity index (χ3n) is 4.15. The molecule has 0 bridgehead atoms. The summed E-state index contributed by atoms with van der Waals surface area (Å²) in [5.74, 6) is 0.273. The molecule has 1 atom stereocenters. The van der Waals surface area contributed by atoms with Gasteiger partial charge in [0.25, 0.3) is 0 Å². The molecule has 3 rings (SSSR count). The van der Waals surface area contributed by atoms with Gasteiger partial charge in [0, 0.05) is 16.3 Å². The van der Waals surface area contributed by atoms with E-state index in [-0.39, 0.29) is 5.84 Å². The number of carbonyl (C=O) groups is 1. The molecule has 0 spiro atoms. The molecule has 3 aromatic rings. The summed E-state index contributed by atoms with van der Waals surface area (Å²) in [6, 6.07) is 24.8. The monoisotopic (exact) mass is 420 g/mol. The Morgan fingerprint density at radius 3 is 2.13 bits per heavy atom. The Morgan fingerprint density at radius 2 is 1.50 bits per heavy atom. The van der Waals surface area contributed by atoms with Crippen LogP contribution in [-0.2, 0) is 0 Å². The minimum absolute atomic E-state index is 0.273. The smallest absolute Gasteiger partial charge is 0.324 e. The van der Waals surface area contributed by atoms with E-state index in [1.165, 1.54) is 0 Å². The van der Waals surface area contributed by atoms with Crippen molar-refractivity contribution in [1.29, 1.82) is 0 Å². The van der Waals surface area contributed by atoms with Gasteiger partial charge in [-0.25, -0.2) is 4.79 Å². The lowest BCUT2D eigenvalue weighted by Crippen LogP contribution is -2.32. The molecule has 1 unspecified atom stereocenters. The third kappa shape index (κ3) is 6.01. The lowest BCUT2D eigenvalue weighted by molar-refractivity contribution is 0.247. The second kappa shape index (κ2) is 10.3. The molecule has 0 radical (unpaired) electrons. The number of halogens is 1. The molecule has 0 heterocycles. The fraction of sp³-hybridized carbons (Fsp3) is 0.0870. The minimum atomic E-state index is -0.965. The molecule has 0 aliphatic heterocycles. The number of aliphatic hydroxyl groups is 1. The number of amidine groups is 1. The van der Waals surface area contributed by atoms with Gasteiger partial charge in [0.1, 0.15) is 17.7 Å². The first-order chi connectivity index (χ1) is 14.5. The molecular formula is C23H21ClN4O2. The van der Waals surface area contributed by atoms with Crippen LogP contribution in [0.15, 0.2) is 95.1 Å². The molecule has 0 aromatic heterocycles. The van der Waals surface area contributed by atoms with Crippen molar-refractivity contribution in [3.8, 4) is 0 Å². The largest absolute Gasteiger partial charge is 0.382 e. The molecule has 0 aliphatic rings. The van der Waals surface area contributed by atoms with E-state index in [2.05, 4.69) is 20.8 Å². The van der Waals surface area contributed by atoms with Crippen molar-refractivity contribution in [2.75, 3.05) is 5.32 Å². The van der Waals surface area contributed by atoms with E-state index in [4.69, 9.17) is 11.6 Å². The average Bonchev–Trinajstić information content (AvgIpc) is 2.76. The summed E-state index contributed by atoms with van der Waals surface area (Å²) in [6.07, 6.45) is -0.965. The van der Waals surface area contributed by atoms with E-state index in [1.54, 1.807) is 31.2 Å². The fourth-order valence-electron chi connectivity index (χ4n) is 2.69. The molecule has 0 aliphatic carbocycles. The molecule has 152 valence electrons. The number of nitrogens with zero attached hydrogens (tertiary/aromatic N) is 2. The molecule has 0 saturated heterocycles. The molecule has 0 fully saturated rings. The maximum absolute atomic E-state index is 12.1. The van der Waals surface area contributed by atoms with Gasteiger partial charge in [-0.05, 0) is 36.8 Å². The highest BCUT2D eigenvalue weighted by Crippen LogP contribution is 2.19. The summed E-state index contributed by atoms with van der Waals surface area (Å²) in [7, 11) is 0. The van der Waals surface area contributed by atoms with Crippen molar-refractivity contribution in [3.05, 3.63) is 101 Å². The standard InChI is InChI=1S/C23H21ClN4O2/c1-16(25-23(30)26-20-14-12-19(24)13-15-20)27-28-21(17-8-4-2-5-9-17)22(29)18-10-6-3-7-11-18/h2-15,22,29H,1H3,(H2,25,26,27,30)/b28-21+. The number of hydrogen-bond donors (Lipinski definition) is 3. The van der Waals surface area contributed by atoms with Crippen molar-refractivity contribution in [1.82, 2.24) is 5.32 Å². The van der Waals surface area contributed by atoms with Crippen LogP contribution in [0.4, 0.5) is 10.5 Å². The lowest BCUT2D eigenvalue weighted by Gasteiger charge is -2.14. The molecule has 6 nitrogen and oxygen atoms in total. The quantitative estimate of drug-likeness (QED) is 0.307. The van der Waals surface area contributed by atoms with Gasteiger partial charge in [0.15, 0.2) is 0 Å². The minimum Gasteiger partial charge on any atom is -0.382 e. The van der Waals surface area contributed by atoms with Crippen LogP contribution < -0.4 is 10.6 Å². The van der Waals surface area contributed by atoms with E-state index in [0.29, 0.717) is 22.0 Å². The zero-order chi connectivity index (χ0) is 21.3. The first-order valence-electron chi connectivity index (χ1n) is 9.27. The first-order valence-corrected chi connectivity index (χ1v) is 9.65. The second-order valence-corrected chi connectivity index (χ2v) is 6.87. The summed E-state index contributed by atoms with van der Waals surface area (Å²) < 4.78 is 0. The second-order valence-electron chi connectivity index (χ2n) is 6.44. The highest BCUT2D eigenvalue weighted by atomic mass is 35.5. The number of nitrogens with one attached hydrogen (secondary N) is 2. The normalized spacial score (nSPS) is 12.9. The first kappa shape index (κ1) is 21.2. The lowest BCUT2D eigenvalue weighted by atomic mass is 9.99. The predicted molar refractivity (Wildman–Crippen MR) is 121 cm³/mol. The number of hydrogen-bond acceptors (Lipinski definition) is 4. The van der Waals surface area contributed by atoms with Gasteiger partial charge < -0.3 is 10.4 Å². The van der Waals surface area contributed by atoms with Crippen LogP contribution in [0.25, 0.3) is 0 Å². The summed E-state index contributed by atoms with van der Waals surface area (Å²) >= 11 is 5.84. The molecule has 3 N–H and O–H groups in total. The molecule has 0 saturated carbocycles. The topological polar surface area (TPSA) is 86.1 Å². The fourth-order valence-corrected chi connectivity index (χ4v) is 2.81. The van der Waals surface area contributed by atoms with Crippen LogP contribution in [0, 0.1) is 0 Å². The van der Waals surface area contributed by atoms with Crippen molar-refractivity contribution >= 4 is 34.9 Å². The van der Waals surface area contributed by atoms with Crippen LogP contribution in [0.2, 0.25) is 5.02 Å². The third-order valence-corrected chi connectivity index (χ3v) is 4.40. The number of urea groups is 1. The van der Waals surface area contributed by atoms with Crippen LogP contribution in [0.5, 0.6) is 0 Å². The van der Waals surface area contributed by atoms with E-state index in [0.717, 1.165) is 5.56 Å². The van der Waals surface area contributed by atoms with Gasteiger partial charge in [0.05, 0.1) is 0 Å². The van der Waals surface area contributed by atoms with Crippen LogP contribution in [0.1, 0.15) is 24.2 Å². The van der Waals surface area contributed by atoms with Gasteiger partial charge in [-0.3, -0.25) is 5.32 Å². The van der Waals surface area contributed by atoms with Gasteiger partial charge in [-0.2, -0.15) is 5.10 Å². The maximum atomic E-state index is 12.1. The maximum Gasteiger partial charge on any atom is 0.324 e. The number of benzene rings is 3. The highest BCUT2D eigenvalue weighted by Gasteiger charge is 2.17. The van der Waals surface area contributed by atoms with Crippen LogP contribution in [0.3, 0.4) is 0 Å². The number of anilines is 1. The zero-order valence-corrected chi connectivity index (χ0v) is 17.0. The Morgan fingerprint density at radius 1 is 0.900 bits per heavy atom. The van der Waals surface area contributed by atoms with E-state index < -0.39 is 12.1 Å². The Kier molecular flexibility index (Phi) is 7.32. The molecule has 30 heavy (non-hydrogen) atoms. The van der Waals surface area contributed by atoms with Gasteiger partial charge in [-0.15, -0.1) is 5.10 Å². The SMILES string of the molecule is C/C(=N\N=C(/c1ccccc1)C(O)c1ccccc1)NC(=O)Nc1ccc(Cl)cc1. The number of carbonyl (C=O) groups excluding carboxylic acids is 1. The van der Waals surface area contributed by atoms with E-state index in [9.17, 15) is 9.90 Å². The number of aliphatic hydroxyl groups excluding tert-OH is 1. The molecular weight excluding hydrogens is 400 g/mol. The van der Waals surface area contributed by atoms with Crippen LogP contribution >= 0.6 is 11.6 Å². The number of rotatable bonds is 5. The summed E-state index contributed by atoms with van der Waals surface area (Å²) in [4.78, 5) is 12.1. The molecule has 3 aromatic carbocycles. The van der Waals surface area contributed by atoms with Crippen molar-refractivity contribution in [3.63, 3.8) is 0 Å². The van der Waals surface area contributed by atoms with E-state index >= 15 is 0 Å². The van der Waals surface area contributed by atoms with Gasteiger partial charge >= 0.3 is 6.03 Å². The highest BCUT2D eigenvalue weighted by molar-refractivity contribution is 6.30. The number of amides is 2. The Labute approximate surface area is 179 Å². The average molecular weight is 421 g/mol. The summed E-state index contributed by atoms with van der Waals surface area (Å²) in [5.41, 5.74) is 2.40. The van der Waals surface area contributed by atoms with E-state index in [1.807, 2.05) is 60.7 Å². The van der Waals surface area contributed by atoms with Crippen LogP contribution in [-0.4, -0.2) is 22.7 Å². The zero-order valence-electron chi connectivity index (χ0n) is 16.3. The Hall–Kier alpha value is -3.48. The molecule has 2 amide bonds. The van der Waals surface area contributed by atoms with Gasteiger partial charge in [-0.1, -0.05) is 72.3 Å². The summed E-state index contributed by atoms with van der Waals surface area (Å²) in [5, 5.41) is 25.0. The van der Waals surface area contributed by atoms with Crippen molar-refractivity contribution < 1.29 is 9.90 Å². The van der Waals surface area contributed by atoms with Crippen molar-refractivity contribution in [2.24, 2.45) is 10.2 Å². The molecule has 7 heteroatoms. The van der Waals surface area contributed by atoms with Gasteiger partial charge in [0.2, 0.25) is 0 Å².